The van der Waals surface area contributed by atoms with Crippen LogP contribution in [0.2, 0.25) is 0 Å². The topological polar surface area (TPSA) is 285 Å². The van der Waals surface area contributed by atoms with Gasteiger partial charge >= 0.3 is 132 Å². The normalized spacial score (nSPS) is 13.3. The van der Waals surface area contributed by atoms with Crippen molar-refractivity contribution in [2.75, 3.05) is 0 Å². The van der Waals surface area contributed by atoms with Crippen LogP contribution >= 0.6 is 31.2 Å². The van der Waals surface area contributed by atoms with Crippen LogP contribution in [0.3, 0.4) is 0 Å². The fourth-order valence-corrected chi connectivity index (χ4v) is 6.11. The van der Waals surface area contributed by atoms with Crippen LogP contribution in [0.15, 0.2) is 147 Å². The van der Waals surface area contributed by atoms with Gasteiger partial charge in [-0.1, -0.05) is 48.5 Å². The molecule has 30 rings (SSSR count). The second kappa shape index (κ2) is 35.4. The third kappa shape index (κ3) is 66.4. The van der Waals surface area contributed by atoms with Gasteiger partial charge in [0, 0.05) is 142 Å². The van der Waals surface area contributed by atoms with Crippen molar-refractivity contribution in [1.82, 2.24) is 40.8 Å². The maximum absolute atomic E-state index is 10.7. The Bertz CT molecular complexity index is 3560. The molecule has 0 saturated heterocycles. The average Bonchev–Trinajstić information content (AvgIpc) is 0.810. The van der Waals surface area contributed by atoms with Crippen LogP contribution in [0.25, 0.3) is 45.6 Å². The van der Waals surface area contributed by atoms with Gasteiger partial charge in [0.15, 0.2) is 75.8 Å². The van der Waals surface area contributed by atoms with Crippen LogP contribution in [0.4, 0.5) is 101 Å². The second-order valence-corrected chi connectivity index (χ2v) is 25.8. The van der Waals surface area contributed by atoms with Crippen molar-refractivity contribution >= 4 is 31.2 Å². The number of nitriles is 7. The maximum atomic E-state index is 9.87. The van der Waals surface area contributed by atoms with Gasteiger partial charge in [0.2, 0.25) is 23.3 Å². The molecule has 0 saturated carbocycles. The van der Waals surface area contributed by atoms with Gasteiger partial charge in [-0.15, -0.1) is 40.8 Å². The van der Waals surface area contributed by atoms with E-state index in [0.29, 0.717) is 23.3 Å². The van der Waals surface area contributed by atoms with Gasteiger partial charge in [-0.25, -0.2) is 18.3 Å². The summed E-state index contributed by atoms with van der Waals surface area (Å²) in [5.41, 5.74) is 8.22. The van der Waals surface area contributed by atoms with E-state index in [1.165, 1.54) is 70.7 Å². The molecule has 22 aliphatic heterocycles. The number of pyridine rings is 4. The molecule has 0 atom stereocenters. The smallest absolute Gasteiger partial charge is 0.201 e. The summed E-state index contributed by atoms with van der Waals surface area (Å²) < 4.78 is 245. The van der Waals surface area contributed by atoms with Crippen LogP contribution in [0.5, 0.6) is 0 Å². The van der Waals surface area contributed by atoms with Gasteiger partial charge in [-0.05, 0) is 0 Å². The molecule has 22 aliphatic rings. The van der Waals surface area contributed by atoms with Crippen LogP contribution in [0.1, 0.15) is 70.7 Å². The molecule has 0 aliphatic carbocycles. The van der Waals surface area contributed by atoms with Crippen molar-refractivity contribution < 1.29 is 119 Å². The summed E-state index contributed by atoms with van der Waals surface area (Å²) in [6.45, 7) is 13.0. The van der Waals surface area contributed by atoms with Crippen LogP contribution in [0, 0.1) is 79.3 Å². The summed E-state index contributed by atoms with van der Waals surface area (Å²) in [6, 6.07) is 45.4. The fraction of sp³-hybridized carbons (Fsp3) is 0.204. The average molecular weight is 1550 g/mol. The van der Waals surface area contributed by atoms with E-state index in [9.17, 15) is 101 Å². The van der Waals surface area contributed by atoms with Gasteiger partial charge in [0.25, 0.3) is 0 Å². The number of hydrogen-bond acceptors (Lipinski definition) is 15. The first-order valence-electron chi connectivity index (χ1n) is 26.1. The number of benzene rings is 2. The van der Waals surface area contributed by atoms with E-state index in [1.54, 1.807) is 42.5 Å². The van der Waals surface area contributed by atoms with E-state index in [-0.39, 0.29) is 0 Å². The van der Waals surface area contributed by atoms with Gasteiger partial charge < -0.3 is 0 Å². The van der Waals surface area contributed by atoms with Gasteiger partial charge in [0.1, 0.15) is 0 Å². The van der Waals surface area contributed by atoms with Gasteiger partial charge in [0.05, 0.1) is 42.5 Å². The van der Waals surface area contributed by atoms with Crippen LogP contribution in [-0.4, -0.2) is 40.8 Å². The number of rotatable bonds is 0. The number of hydrogen-bond donors (Lipinski definition) is 0. The van der Waals surface area contributed by atoms with E-state index in [4.69, 9.17) is 36.8 Å². The van der Waals surface area contributed by atoms with E-state index >= 15 is 0 Å². The molecule has 0 unspecified atom stereocenters. The molecule has 2 aromatic carbocycles. The predicted octanol–water partition coefficient (Wildman–Crippen LogP) is 20.4. The fourth-order valence-electron chi connectivity index (χ4n) is 6.11. The summed E-state index contributed by atoms with van der Waals surface area (Å²) in [5, 5.41) is 86.3. The first kappa shape index (κ1) is 94.6. The summed E-state index contributed by atoms with van der Waals surface area (Å²) in [6.07, 6.45) is 16.2. The van der Waals surface area contributed by atoms with Crippen LogP contribution in [-0.2, 0) is 26.2 Å². The van der Waals surface area contributed by atoms with Crippen molar-refractivity contribution in [2.24, 2.45) is 0 Å². The van der Waals surface area contributed by atoms with Crippen LogP contribution < -0.4 is 18.3 Å². The molecule has 552 valence electrons. The first-order chi connectivity index (χ1) is 45.4. The molecule has 16 bridgehead atoms. The van der Waals surface area contributed by atoms with E-state index in [2.05, 4.69) is 108 Å². The molecule has 47 heteroatoms. The molecule has 0 amide bonds. The van der Waals surface area contributed by atoms with Gasteiger partial charge in [-0.3, -0.25) is 0 Å². The quantitative estimate of drug-likeness (QED) is 0.0775. The SMILES string of the molecule is CC#N.CC#N.CC#N.CC#N.CC#N.CC#N.CC#N.F[P-](F)(F)(F)(F)F.F[P-](F)(F)(F)(F)F.F[P-](F)(F)(F)(F)F.F[P-](F)(F)(F)(F)F.c1cc2ccc1C[n+]1ccc(cc1)-c1nnc(nn1)-c1cc[n+](cc1)Cc1ccc(cc1)C[n+]1ccc(cc1)-c1nnc(nn1)-c1cc[n+](cc1)C2. The van der Waals surface area contributed by atoms with Crippen molar-refractivity contribution in [3.8, 4) is 88.0 Å². The Kier molecular flexibility index (Phi) is 33.2. The Hall–Kier alpha value is -10.6. The zero-order valence-electron chi connectivity index (χ0n) is 52.5. The zero-order chi connectivity index (χ0) is 79.3. The van der Waals surface area contributed by atoms with E-state index in [1.807, 2.05) is 98.1 Å². The molecule has 101 heavy (non-hydrogen) atoms. The van der Waals surface area contributed by atoms with Crippen molar-refractivity contribution in [3.63, 3.8) is 0 Å². The third-order valence-electron chi connectivity index (χ3n) is 9.06. The zero-order valence-corrected chi connectivity index (χ0v) is 56.1. The van der Waals surface area contributed by atoms with Crippen molar-refractivity contribution in [3.05, 3.63) is 169 Å². The Balaban J connectivity index is -0.00000159. The minimum Gasteiger partial charge on any atom is -0.201 e. The maximum Gasteiger partial charge on any atom is 0.204 e. The second-order valence-electron chi connectivity index (χ2n) is 18.2. The predicted molar refractivity (Wildman–Crippen MR) is 320 cm³/mol. The summed E-state index contributed by atoms with van der Waals surface area (Å²) in [5.74, 6) is 1.94. The number of aromatic nitrogens is 12. The molecule has 19 nitrogen and oxygen atoms in total. The largest absolute Gasteiger partial charge is 0.204 e. The molecule has 6 aromatic heterocycles. The summed E-state index contributed by atoms with van der Waals surface area (Å²) in [7, 11) is -42.6. The molecular weight excluding hydrogens is 1490 g/mol. The molecular formula is C54H53F24N19P4. The molecule has 28 heterocycles. The van der Waals surface area contributed by atoms with Crippen molar-refractivity contribution in [1.29, 1.82) is 36.8 Å². The van der Waals surface area contributed by atoms with Gasteiger partial charge in [-0.2, -0.15) is 36.8 Å². The molecule has 0 fully saturated rings. The summed E-state index contributed by atoms with van der Waals surface area (Å²) in [4.78, 5) is 0. The minimum absolute atomic E-state index is 0.484. The number of nitrogens with zero attached hydrogens (tertiary/aromatic N) is 19. The number of halogens is 24. The molecule has 0 N–H and O–H groups in total. The minimum atomic E-state index is -10.7. The third-order valence-corrected chi connectivity index (χ3v) is 9.06. The molecule has 0 spiro atoms. The molecule has 0 radical (unpaired) electrons. The first-order valence-corrected chi connectivity index (χ1v) is 34.2. The standard InChI is InChI=1S/C40H32N12.7C2H3N.4F6P/c1-2-30-4-3-29(1)25-49-17-9-33(10-18-49)37-41-45-39(46-42-37)35-13-21-51(22-14-35)27-31-5-7-32(8-6-31)28-52-23-15-36(16-24-52)40-47-43-38(44-48-40)34-11-19-50(26-30)20-12-34;7*1-2-3;4*1-7(2,3,4,5)6/h1-24H,25-28H2;7*1H3;;;;/q+4;;;;;;;;4*-1. The monoisotopic (exact) mass is 1550 g/mol. The molecule has 8 aromatic rings. The summed E-state index contributed by atoms with van der Waals surface area (Å²) >= 11 is 0. The Morgan fingerprint density at radius 2 is 0.317 bits per heavy atom. The van der Waals surface area contributed by atoms with Crippen molar-refractivity contribution in [2.45, 2.75) is 74.6 Å². The van der Waals surface area contributed by atoms with E-state index < -0.39 is 31.2 Å². The Morgan fingerprint density at radius 3 is 0.406 bits per heavy atom. The van der Waals surface area contributed by atoms with E-state index in [0.717, 1.165) is 48.4 Å². The Morgan fingerprint density at radius 1 is 0.228 bits per heavy atom. The Labute approximate surface area is 557 Å².